The maximum atomic E-state index is 13.9. The van der Waals surface area contributed by atoms with E-state index in [0.717, 1.165) is 21.9 Å². The van der Waals surface area contributed by atoms with Gasteiger partial charge in [0.25, 0.3) is 0 Å². The van der Waals surface area contributed by atoms with Gasteiger partial charge in [0, 0.05) is 23.1 Å². The van der Waals surface area contributed by atoms with Crippen molar-refractivity contribution in [1.29, 1.82) is 0 Å². The number of carboxylic acid groups (broad SMARTS) is 1. The molecular weight excluding hydrogens is 413 g/mol. The van der Waals surface area contributed by atoms with Crippen LogP contribution in [0, 0.1) is 5.82 Å². The van der Waals surface area contributed by atoms with Crippen LogP contribution in [0.2, 0.25) is 0 Å². The lowest BCUT2D eigenvalue weighted by Crippen LogP contribution is -2.07. The molecule has 0 amide bonds. The van der Waals surface area contributed by atoms with Crippen LogP contribution < -0.4 is 5.32 Å². The molecule has 7 heteroatoms. The Labute approximate surface area is 183 Å². The molecule has 0 aliphatic rings. The summed E-state index contributed by atoms with van der Waals surface area (Å²) in [5, 5.41) is 14.5. The fraction of sp³-hybridized carbons (Fsp3) is 0.125. The summed E-state index contributed by atoms with van der Waals surface area (Å²) < 4.78 is 13.9. The molecule has 0 saturated heterocycles. The minimum Gasteiger partial charge on any atom is -0.478 e. The first kappa shape index (κ1) is 20.8. The third-order valence-corrected chi connectivity index (χ3v) is 5.79. The summed E-state index contributed by atoms with van der Waals surface area (Å²) in [5.41, 5.74) is 2.72. The van der Waals surface area contributed by atoms with Gasteiger partial charge in [0.1, 0.15) is 18.0 Å². The molecule has 1 heterocycles. The van der Waals surface area contributed by atoms with E-state index in [4.69, 9.17) is 0 Å². The van der Waals surface area contributed by atoms with Crippen LogP contribution in [0.3, 0.4) is 0 Å². The highest BCUT2D eigenvalue weighted by molar-refractivity contribution is 7.98. The number of halogens is 1. The van der Waals surface area contributed by atoms with Crippen LogP contribution in [-0.4, -0.2) is 33.8 Å². The van der Waals surface area contributed by atoms with Gasteiger partial charge in [-0.2, -0.15) is 0 Å². The van der Waals surface area contributed by atoms with E-state index in [1.165, 1.54) is 18.1 Å². The van der Waals surface area contributed by atoms with E-state index in [1.54, 1.807) is 24.3 Å². The van der Waals surface area contributed by atoms with E-state index in [0.29, 0.717) is 29.4 Å². The Morgan fingerprint density at radius 1 is 1.10 bits per heavy atom. The number of carboxylic acids is 1. The summed E-state index contributed by atoms with van der Waals surface area (Å²) in [7, 11) is 0. The van der Waals surface area contributed by atoms with E-state index in [2.05, 4.69) is 15.3 Å². The largest absolute Gasteiger partial charge is 0.478 e. The molecule has 0 bridgehead atoms. The Hall–Kier alpha value is -3.45. The second kappa shape index (κ2) is 9.14. The van der Waals surface area contributed by atoms with Gasteiger partial charge < -0.3 is 10.4 Å². The van der Waals surface area contributed by atoms with Crippen molar-refractivity contribution in [3.63, 3.8) is 0 Å². The maximum Gasteiger partial charge on any atom is 0.336 e. The predicted molar refractivity (Wildman–Crippen MR) is 122 cm³/mol. The molecule has 0 aliphatic heterocycles. The van der Waals surface area contributed by atoms with Crippen LogP contribution in [0.25, 0.3) is 22.0 Å². The van der Waals surface area contributed by atoms with Crippen LogP contribution in [0.15, 0.2) is 71.9 Å². The molecule has 156 valence electrons. The van der Waals surface area contributed by atoms with Gasteiger partial charge in [0.2, 0.25) is 0 Å². The number of benzene rings is 3. The van der Waals surface area contributed by atoms with Crippen molar-refractivity contribution < 1.29 is 14.3 Å². The van der Waals surface area contributed by atoms with Crippen molar-refractivity contribution in [3.05, 3.63) is 83.9 Å². The fourth-order valence-electron chi connectivity index (χ4n) is 3.52. The van der Waals surface area contributed by atoms with Gasteiger partial charge in [-0.25, -0.2) is 19.2 Å². The summed E-state index contributed by atoms with van der Waals surface area (Å²) in [6.45, 7) is 0.581. The zero-order valence-electron chi connectivity index (χ0n) is 16.8. The molecule has 0 aliphatic carbocycles. The molecule has 1 aromatic heterocycles. The number of nitrogens with zero attached hydrogens (tertiary/aromatic N) is 2. The first-order chi connectivity index (χ1) is 15.0. The van der Waals surface area contributed by atoms with Crippen LogP contribution >= 0.6 is 11.8 Å². The Balaban J connectivity index is 1.51. The van der Waals surface area contributed by atoms with E-state index in [-0.39, 0.29) is 11.4 Å². The summed E-state index contributed by atoms with van der Waals surface area (Å²) in [4.78, 5) is 20.6. The molecule has 0 radical (unpaired) electrons. The number of anilines is 1. The first-order valence-corrected chi connectivity index (χ1v) is 10.9. The third-order valence-electron chi connectivity index (χ3n) is 5.01. The molecule has 5 nitrogen and oxygen atoms in total. The minimum atomic E-state index is -0.953. The predicted octanol–water partition coefficient (Wildman–Crippen LogP) is 5.51. The number of aromatic nitrogens is 2. The zero-order chi connectivity index (χ0) is 21.8. The van der Waals surface area contributed by atoms with Crippen molar-refractivity contribution in [3.8, 4) is 11.3 Å². The van der Waals surface area contributed by atoms with E-state index >= 15 is 0 Å². The summed E-state index contributed by atoms with van der Waals surface area (Å²) in [6, 6.07) is 17.8. The second-order valence-electron chi connectivity index (χ2n) is 6.97. The molecule has 0 fully saturated rings. The minimum absolute atomic E-state index is 0.243. The lowest BCUT2D eigenvalue weighted by molar-refractivity contribution is 0.0693. The topological polar surface area (TPSA) is 75.1 Å². The number of rotatable bonds is 7. The Bertz CT molecular complexity index is 1260. The van der Waals surface area contributed by atoms with Crippen molar-refractivity contribution in [2.24, 2.45) is 0 Å². The lowest BCUT2D eigenvalue weighted by Gasteiger charge is -2.10. The Kier molecular flexibility index (Phi) is 6.13. The molecule has 0 saturated carbocycles. The van der Waals surface area contributed by atoms with Crippen molar-refractivity contribution >= 4 is 34.3 Å². The third kappa shape index (κ3) is 4.67. The lowest BCUT2D eigenvalue weighted by atomic mass is 10.0. The van der Waals surface area contributed by atoms with Gasteiger partial charge in [0.15, 0.2) is 0 Å². The van der Waals surface area contributed by atoms with Gasteiger partial charge in [-0.05, 0) is 53.3 Å². The number of hydrogen-bond acceptors (Lipinski definition) is 5. The number of aromatic carboxylic acids is 1. The highest BCUT2D eigenvalue weighted by Crippen LogP contribution is 2.28. The first-order valence-electron chi connectivity index (χ1n) is 9.70. The van der Waals surface area contributed by atoms with Gasteiger partial charge in [-0.1, -0.05) is 30.3 Å². The van der Waals surface area contributed by atoms with E-state index in [1.807, 2.05) is 42.7 Å². The molecular formula is C24H20FN3O2S. The Morgan fingerprint density at radius 2 is 1.94 bits per heavy atom. The highest BCUT2D eigenvalue weighted by atomic mass is 32.2. The SMILES string of the molecule is CSc1cc(-c2cc(NCCc3cc(F)cc4ccccc34)ncn2)ccc1C(=O)O. The maximum absolute atomic E-state index is 13.9. The number of thioether (sulfide) groups is 1. The molecule has 0 unspecified atom stereocenters. The van der Waals surface area contributed by atoms with Crippen LogP contribution in [0.1, 0.15) is 15.9 Å². The normalized spacial score (nSPS) is 10.9. The molecule has 0 atom stereocenters. The molecule has 3 aromatic carbocycles. The van der Waals surface area contributed by atoms with Gasteiger partial charge in [-0.3, -0.25) is 0 Å². The van der Waals surface area contributed by atoms with Crippen molar-refractivity contribution in [1.82, 2.24) is 9.97 Å². The summed E-state index contributed by atoms with van der Waals surface area (Å²) >= 11 is 1.38. The van der Waals surface area contributed by atoms with Gasteiger partial charge >= 0.3 is 5.97 Å². The van der Waals surface area contributed by atoms with E-state index < -0.39 is 5.97 Å². The van der Waals surface area contributed by atoms with E-state index in [9.17, 15) is 14.3 Å². The van der Waals surface area contributed by atoms with Crippen molar-refractivity contribution in [2.75, 3.05) is 18.1 Å². The van der Waals surface area contributed by atoms with Crippen LogP contribution in [-0.2, 0) is 6.42 Å². The summed E-state index contributed by atoms with van der Waals surface area (Å²) in [5.74, 6) is -0.544. The van der Waals surface area contributed by atoms with Gasteiger partial charge in [0.05, 0.1) is 11.3 Å². The average molecular weight is 434 g/mol. The molecule has 31 heavy (non-hydrogen) atoms. The number of carbonyl (C=O) groups is 1. The molecule has 0 spiro atoms. The number of fused-ring (bicyclic) bond motifs is 1. The smallest absolute Gasteiger partial charge is 0.336 e. The highest BCUT2D eigenvalue weighted by Gasteiger charge is 2.12. The summed E-state index contributed by atoms with van der Waals surface area (Å²) in [6.07, 6.45) is 3.95. The molecule has 4 aromatic rings. The number of hydrogen-bond donors (Lipinski definition) is 2. The van der Waals surface area contributed by atoms with Crippen LogP contribution in [0.5, 0.6) is 0 Å². The molecule has 4 rings (SSSR count). The zero-order valence-corrected chi connectivity index (χ0v) is 17.6. The van der Waals surface area contributed by atoms with Gasteiger partial charge in [-0.15, -0.1) is 11.8 Å². The standard InChI is InChI=1S/C24H20FN3O2S/c1-31-22-12-17(6-7-20(22)24(29)30)21-13-23(28-14-27-21)26-9-8-16-11-18(25)10-15-4-2-3-5-19(15)16/h2-7,10-14H,8-9H2,1H3,(H,29,30)(H,26,27,28). The average Bonchev–Trinajstić information content (AvgIpc) is 2.78. The molecule has 2 N–H and O–H groups in total. The van der Waals surface area contributed by atoms with Crippen molar-refractivity contribution in [2.45, 2.75) is 11.3 Å². The quantitative estimate of drug-likeness (QED) is 0.374. The van der Waals surface area contributed by atoms with Crippen LogP contribution in [0.4, 0.5) is 10.2 Å². The Morgan fingerprint density at radius 3 is 2.74 bits per heavy atom. The second-order valence-corrected chi connectivity index (χ2v) is 7.82. The number of nitrogens with one attached hydrogen (secondary N) is 1. The monoisotopic (exact) mass is 433 g/mol. The fourth-order valence-corrected chi connectivity index (χ4v) is 4.14.